The molecule has 0 radical (unpaired) electrons. The summed E-state index contributed by atoms with van der Waals surface area (Å²) in [6, 6.07) is 10.5. The zero-order chi connectivity index (χ0) is 22.6. The molecule has 2 aromatic carbocycles. The van der Waals surface area contributed by atoms with Crippen molar-refractivity contribution in [2.24, 2.45) is 5.92 Å². The number of anilines is 1. The van der Waals surface area contributed by atoms with Crippen LogP contribution in [-0.4, -0.2) is 44.3 Å². The number of rotatable bonds is 6. The van der Waals surface area contributed by atoms with Crippen molar-refractivity contribution in [3.8, 4) is 0 Å². The number of carbonyl (C=O) groups is 2. The van der Waals surface area contributed by atoms with E-state index in [-0.39, 0.29) is 34.5 Å². The van der Waals surface area contributed by atoms with Crippen LogP contribution >= 0.6 is 23.2 Å². The van der Waals surface area contributed by atoms with E-state index in [0.717, 1.165) is 0 Å². The Labute approximate surface area is 191 Å². The molecule has 166 valence electrons. The molecule has 0 spiro atoms. The summed E-state index contributed by atoms with van der Waals surface area (Å²) >= 11 is 12.0. The first-order valence-corrected chi connectivity index (χ1v) is 11.9. The topological polar surface area (TPSA) is 92.8 Å². The van der Waals surface area contributed by atoms with E-state index in [4.69, 9.17) is 27.9 Å². The highest BCUT2D eigenvalue weighted by molar-refractivity contribution is 7.89. The maximum Gasteiger partial charge on any atom is 0.339 e. The molecule has 1 aliphatic heterocycles. The minimum atomic E-state index is -3.72. The molecule has 2 aromatic rings. The van der Waals surface area contributed by atoms with Crippen molar-refractivity contribution in [1.82, 2.24) is 4.31 Å². The normalized spacial score (nSPS) is 17.2. The monoisotopic (exact) mass is 484 g/mol. The van der Waals surface area contributed by atoms with Gasteiger partial charge in [0.1, 0.15) is 0 Å². The molecule has 1 saturated heterocycles. The molecule has 7 nitrogen and oxygen atoms in total. The van der Waals surface area contributed by atoms with Crippen LogP contribution in [0, 0.1) is 5.92 Å². The van der Waals surface area contributed by atoms with Crippen LogP contribution in [-0.2, 0) is 19.6 Å². The molecule has 10 heteroatoms. The summed E-state index contributed by atoms with van der Waals surface area (Å²) in [7, 11) is -3.72. The summed E-state index contributed by atoms with van der Waals surface area (Å²) in [6.07, 6.45) is 1.13. The van der Waals surface area contributed by atoms with Gasteiger partial charge in [-0.25, -0.2) is 13.2 Å². The Morgan fingerprint density at radius 1 is 1.16 bits per heavy atom. The number of benzene rings is 2. The second kappa shape index (κ2) is 9.99. The molecule has 3 rings (SSSR count). The lowest BCUT2D eigenvalue weighted by Gasteiger charge is -2.31. The van der Waals surface area contributed by atoms with E-state index in [1.54, 1.807) is 13.0 Å². The number of ether oxygens (including phenoxy) is 1. The first kappa shape index (κ1) is 23.5. The van der Waals surface area contributed by atoms with Gasteiger partial charge in [0.15, 0.2) is 0 Å². The van der Waals surface area contributed by atoms with Gasteiger partial charge in [0.05, 0.1) is 28.0 Å². The van der Waals surface area contributed by atoms with Crippen LogP contribution in [0.1, 0.15) is 30.1 Å². The Morgan fingerprint density at radius 2 is 1.87 bits per heavy atom. The Balaban J connectivity index is 1.69. The van der Waals surface area contributed by atoms with E-state index >= 15 is 0 Å². The summed E-state index contributed by atoms with van der Waals surface area (Å²) in [5.74, 6) is -1.36. The van der Waals surface area contributed by atoms with E-state index in [2.05, 4.69) is 5.32 Å². The van der Waals surface area contributed by atoms with E-state index in [9.17, 15) is 18.0 Å². The second-order valence-corrected chi connectivity index (χ2v) is 9.84. The van der Waals surface area contributed by atoms with Gasteiger partial charge in [-0.05, 0) is 62.2 Å². The molecule has 1 amide bonds. The molecule has 0 aromatic heterocycles. The van der Waals surface area contributed by atoms with Gasteiger partial charge in [-0.2, -0.15) is 4.31 Å². The lowest BCUT2D eigenvalue weighted by molar-refractivity contribution is -0.120. The zero-order valence-electron chi connectivity index (χ0n) is 16.8. The van der Waals surface area contributed by atoms with Gasteiger partial charge in [0, 0.05) is 23.8 Å². The van der Waals surface area contributed by atoms with Gasteiger partial charge >= 0.3 is 5.97 Å². The van der Waals surface area contributed by atoms with Crippen LogP contribution in [0.2, 0.25) is 10.0 Å². The number of sulfonamides is 1. The summed E-state index contributed by atoms with van der Waals surface area (Å²) in [5, 5.41) is 3.36. The van der Waals surface area contributed by atoms with Crippen molar-refractivity contribution in [1.29, 1.82) is 0 Å². The van der Waals surface area contributed by atoms with Crippen LogP contribution in [0.3, 0.4) is 0 Å². The Morgan fingerprint density at radius 3 is 2.52 bits per heavy atom. The van der Waals surface area contributed by atoms with Gasteiger partial charge in [-0.1, -0.05) is 23.2 Å². The maximum absolute atomic E-state index is 12.9. The number of esters is 1. The molecule has 0 bridgehead atoms. The second-order valence-electron chi connectivity index (χ2n) is 7.06. The molecule has 1 aliphatic rings. The number of nitrogens with one attached hydrogen (secondary N) is 1. The summed E-state index contributed by atoms with van der Waals surface area (Å²) in [5.41, 5.74) is 0.625. The Bertz CT molecular complexity index is 1070. The molecular formula is C21H22Cl2N2O5S. The minimum Gasteiger partial charge on any atom is -0.462 e. The third-order valence-corrected chi connectivity index (χ3v) is 7.38. The third-order valence-electron chi connectivity index (χ3n) is 4.94. The Hall–Kier alpha value is -2.13. The molecule has 1 heterocycles. The predicted octanol–water partition coefficient (Wildman–Crippen LogP) is 4.21. The Kier molecular flexibility index (Phi) is 7.59. The fraction of sp³-hybridized carbons (Fsp3) is 0.333. The van der Waals surface area contributed by atoms with Crippen LogP contribution < -0.4 is 5.32 Å². The molecule has 1 atom stereocenters. The van der Waals surface area contributed by atoms with Crippen LogP contribution in [0.25, 0.3) is 0 Å². The average Bonchev–Trinajstić information content (AvgIpc) is 2.74. The van der Waals surface area contributed by atoms with Crippen LogP contribution in [0.4, 0.5) is 5.69 Å². The van der Waals surface area contributed by atoms with Gasteiger partial charge in [-0.3, -0.25) is 4.79 Å². The van der Waals surface area contributed by atoms with Crippen LogP contribution in [0.15, 0.2) is 47.4 Å². The molecular weight excluding hydrogens is 463 g/mol. The fourth-order valence-electron chi connectivity index (χ4n) is 3.34. The van der Waals surface area contributed by atoms with Crippen molar-refractivity contribution in [2.75, 3.05) is 25.0 Å². The lowest BCUT2D eigenvalue weighted by atomic mass is 9.98. The first-order chi connectivity index (χ1) is 14.7. The van der Waals surface area contributed by atoms with Crippen LogP contribution in [0.5, 0.6) is 0 Å². The smallest absolute Gasteiger partial charge is 0.339 e. The van der Waals surface area contributed by atoms with Crippen molar-refractivity contribution < 1.29 is 22.7 Å². The number of nitrogens with zero attached hydrogens (tertiary/aromatic N) is 1. The van der Waals surface area contributed by atoms with Crippen molar-refractivity contribution >= 4 is 50.8 Å². The number of halogens is 2. The summed E-state index contributed by atoms with van der Waals surface area (Å²) in [6.45, 7) is 2.34. The molecule has 0 unspecified atom stereocenters. The van der Waals surface area contributed by atoms with E-state index in [1.165, 1.54) is 40.7 Å². The average molecular weight is 485 g/mol. The number of hydrogen-bond donors (Lipinski definition) is 1. The van der Waals surface area contributed by atoms with E-state index in [0.29, 0.717) is 30.1 Å². The van der Waals surface area contributed by atoms with Gasteiger partial charge in [0.25, 0.3) is 0 Å². The van der Waals surface area contributed by atoms with Gasteiger partial charge in [-0.15, -0.1) is 0 Å². The highest BCUT2D eigenvalue weighted by atomic mass is 35.5. The third kappa shape index (κ3) is 5.57. The van der Waals surface area contributed by atoms with Crippen molar-refractivity contribution in [3.63, 3.8) is 0 Å². The van der Waals surface area contributed by atoms with Crippen molar-refractivity contribution in [2.45, 2.75) is 24.7 Å². The SMILES string of the molecule is CCOC(=O)c1ccc(NC(=O)[C@@H]2CCCN(S(=O)(=O)c3ccc(Cl)cc3)C2)cc1Cl. The number of amides is 1. The van der Waals surface area contributed by atoms with Gasteiger partial charge in [0.2, 0.25) is 15.9 Å². The quantitative estimate of drug-likeness (QED) is 0.619. The molecule has 1 N–H and O–H groups in total. The molecule has 0 aliphatic carbocycles. The van der Waals surface area contributed by atoms with Crippen molar-refractivity contribution in [3.05, 3.63) is 58.1 Å². The highest BCUT2D eigenvalue weighted by Gasteiger charge is 2.33. The number of hydrogen-bond acceptors (Lipinski definition) is 5. The molecule has 31 heavy (non-hydrogen) atoms. The fourth-order valence-corrected chi connectivity index (χ4v) is 5.25. The standard InChI is InChI=1S/C21H22Cl2N2O5S/c1-2-30-21(27)18-10-7-16(12-19(18)23)24-20(26)14-4-3-11-25(13-14)31(28,29)17-8-5-15(22)6-9-17/h5-10,12,14H,2-4,11,13H2,1H3,(H,24,26)/t14-/m1/s1. The predicted molar refractivity (Wildman–Crippen MR) is 119 cm³/mol. The maximum atomic E-state index is 12.9. The molecule has 0 saturated carbocycles. The lowest BCUT2D eigenvalue weighted by Crippen LogP contribution is -2.43. The minimum absolute atomic E-state index is 0.0748. The van der Waals surface area contributed by atoms with E-state index < -0.39 is 21.9 Å². The number of carbonyl (C=O) groups excluding carboxylic acids is 2. The first-order valence-electron chi connectivity index (χ1n) is 9.75. The largest absolute Gasteiger partial charge is 0.462 e. The highest BCUT2D eigenvalue weighted by Crippen LogP contribution is 2.27. The summed E-state index contributed by atoms with van der Waals surface area (Å²) < 4.78 is 32.1. The van der Waals surface area contributed by atoms with Gasteiger partial charge < -0.3 is 10.1 Å². The number of piperidine rings is 1. The zero-order valence-corrected chi connectivity index (χ0v) is 19.1. The molecule has 1 fully saturated rings. The summed E-state index contributed by atoms with van der Waals surface area (Å²) in [4.78, 5) is 24.8. The van der Waals surface area contributed by atoms with E-state index in [1.807, 2.05) is 0 Å².